The van der Waals surface area contributed by atoms with E-state index in [2.05, 4.69) is 29.1 Å². The lowest BCUT2D eigenvalue weighted by Gasteiger charge is -2.11. The van der Waals surface area contributed by atoms with Gasteiger partial charge in [0.15, 0.2) is 11.6 Å². The van der Waals surface area contributed by atoms with Crippen molar-refractivity contribution in [3.05, 3.63) is 83.7 Å². The number of hydrogen-bond acceptors (Lipinski definition) is 4. The zero-order valence-corrected chi connectivity index (χ0v) is 17.0. The van der Waals surface area contributed by atoms with Crippen molar-refractivity contribution in [3.63, 3.8) is 0 Å². The predicted octanol–water partition coefficient (Wildman–Crippen LogP) is 5.69. The molecule has 0 amide bonds. The summed E-state index contributed by atoms with van der Waals surface area (Å²) in [5.74, 6) is 2.53. The average molecular weight is 384 g/mol. The second-order valence-corrected chi connectivity index (χ2v) is 7.09. The standard InChI is InChI=1S/C24H24N4O/c1-4-8-19-11-13-21(14-12-19)29-23-16-22(28-18(3)15-17(2)27-28)25-24(26-23)20-9-6-5-7-10-20/h5-7,9-16H,4,8H2,1-3H3. The van der Waals surface area contributed by atoms with Gasteiger partial charge in [-0.2, -0.15) is 10.1 Å². The molecule has 4 rings (SSSR count). The minimum absolute atomic E-state index is 0.490. The molecule has 146 valence electrons. The van der Waals surface area contributed by atoms with Crippen LogP contribution in [-0.2, 0) is 6.42 Å². The van der Waals surface area contributed by atoms with Crippen molar-refractivity contribution in [1.82, 2.24) is 19.7 Å². The van der Waals surface area contributed by atoms with Crippen molar-refractivity contribution in [2.75, 3.05) is 0 Å². The number of aryl methyl sites for hydroxylation is 3. The van der Waals surface area contributed by atoms with Crippen LogP contribution in [-0.4, -0.2) is 19.7 Å². The first-order valence-corrected chi connectivity index (χ1v) is 9.87. The molecule has 0 radical (unpaired) electrons. The molecule has 0 bridgehead atoms. The van der Waals surface area contributed by atoms with E-state index in [0.717, 1.165) is 35.5 Å². The number of benzene rings is 2. The number of aromatic nitrogens is 4. The third-order valence-electron chi connectivity index (χ3n) is 4.63. The van der Waals surface area contributed by atoms with E-state index in [1.165, 1.54) is 5.56 Å². The molecule has 2 aromatic heterocycles. The molecule has 5 nitrogen and oxygen atoms in total. The highest BCUT2D eigenvalue weighted by atomic mass is 16.5. The van der Waals surface area contributed by atoms with E-state index >= 15 is 0 Å². The minimum Gasteiger partial charge on any atom is -0.439 e. The molecule has 2 heterocycles. The highest BCUT2D eigenvalue weighted by Gasteiger charge is 2.13. The first-order chi connectivity index (χ1) is 14.1. The third kappa shape index (κ3) is 4.35. The largest absolute Gasteiger partial charge is 0.439 e. The number of rotatable bonds is 6. The van der Waals surface area contributed by atoms with Gasteiger partial charge in [0.2, 0.25) is 5.88 Å². The number of ether oxygens (including phenoxy) is 1. The number of nitrogens with zero attached hydrogens (tertiary/aromatic N) is 4. The summed E-state index contributed by atoms with van der Waals surface area (Å²) in [6.45, 7) is 6.16. The van der Waals surface area contributed by atoms with Crippen molar-refractivity contribution < 1.29 is 4.74 Å². The first-order valence-electron chi connectivity index (χ1n) is 9.87. The van der Waals surface area contributed by atoms with Gasteiger partial charge in [-0.15, -0.1) is 0 Å². The molecule has 0 aliphatic carbocycles. The lowest BCUT2D eigenvalue weighted by Crippen LogP contribution is -2.05. The van der Waals surface area contributed by atoms with E-state index in [-0.39, 0.29) is 0 Å². The van der Waals surface area contributed by atoms with Crippen molar-refractivity contribution in [2.45, 2.75) is 33.6 Å². The van der Waals surface area contributed by atoms with Crippen LogP contribution in [0.3, 0.4) is 0 Å². The van der Waals surface area contributed by atoms with Crippen LogP contribution in [0, 0.1) is 13.8 Å². The molecule has 0 saturated heterocycles. The Hall–Kier alpha value is -3.47. The van der Waals surface area contributed by atoms with E-state index in [0.29, 0.717) is 17.5 Å². The Morgan fingerprint density at radius 1 is 0.897 bits per heavy atom. The van der Waals surface area contributed by atoms with Crippen molar-refractivity contribution in [2.24, 2.45) is 0 Å². The van der Waals surface area contributed by atoms with Crippen LogP contribution < -0.4 is 4.74 Å². The Morgan fingerprint density at radius 2 is 1.66 bits per heavy atom. The zero-order chi connectivity index (χ0) is 20.2. The summed E-state index contributed by atoms with van der Waals surface area (Å²) in [6, 6.07) is 21.9. The second kappa shape index (κ2) is 8.27. The van der Waals surface area contributed by atoms with Crippen LogP contribution in [0.2, 0.25) is 0 Å². The summed E-state index contributed by atoms with van der Waals surface area (Å²) in [4.78, 5) is 9.38. The van der Waals surface area contributed by atoms with E-state index in [9.17, 15) is 0 Å². The molecule has 0 aliphatic heterocycles. The van der Waals surface area contributed by atoms with Gasteiger partial charge < -0.3 is 4.74 Å². The smallest absolute Gasteiger partial charge is 0.225 e. The van der Waals surface area contributed by atoms with Crippen LogP contribution in [0.5, 0.6) is 11.6 Å². The van der Waals surface area contributed by atoms with Gasteiger partial charge in [0, 0.05) is 17.3 Å². The third-order valence-corrected chi connectivity index (χ3v) is 4.63. The van der Waals surface area contributed by atoms with Gasteiger partial charge >= 0.3 is 0 Å². The van der Waals surface area contributed by atoms with Crippen LogP contribution in [0.4, 0.5) is 0 Å². The topological polar surface area (TPSA) is 52.8 Å². The highest BCUT2D eigenvalue weighted by molar-refractivity contribution is 5.56. The van der Waals surface area contributed by atoms with E-state index < -0.39 is 0 Å². The molecule has 0 unspecified atom stereocenters. The molecule has 4 aromatic rings. The zero-order valence-electron chi connectivity index (χ0n) is 17.0. The lowest BCUT2D eigenvalue weighted by molar-refractivity contribution is 0.461. The fraction of sp³-hybridized carbons (Fsp3) is 0.208. The summed E-state index contributed by atoms with van der Waals surface area (Å²) in [7, 11) is 0. The second-order valence-electron chi connectivity index (χ2n) is 7.09. The molecule has 2 aromatic carbocycles. The van der Waals surface area contributed by atoms with Gasteiger partial charge in [0.05, 0.1) is 5.69 Å². The Balaban J connectivity index is 1.74. The van der Waals surface area contributed by atoms with E-state index in [1.807, 2.05) is 73.1 Å². The fourth-order valence-electron chi connectivity index (χ4n) is 3.28. The Bertz CT molecular complexity index is 1100. The Labute approximate surface area is 171 Å². The first kappa shape index (κ1) is 18.9. The van der Waals surface area contributed by atoms with E-state index in [4.69, 9.17) is 9.72 Å². The quantitative estimate of drug-likeness (QED) is 0.428. The maximum Gasteiger partial charge on any atom is 0.225 e. The maximum atomic E-state index is 6.09. The van der Waals surface area contributed by atoms with Crippen LogP contribution >= 0.6 is 0 Å². The summed E-state index contributed by atoms with van der Waals surface area (Å²) in [5, 5.41) is 4.57. The van der Waals surface area contributed by atoms with Crippen molar-refractivity contribution >= 4 is 0 Å². The van der Waals surface area contributed by atoms with Crippen molar-refractivity contribution in [1.29, 1.82) is 0 Å². The maximum absolute atomic E-state index is 6.09. The molecule has 0 atom stereocenters. The van der Waals surface area contributed by atoms with Gasteiger partial charge in [-0.05, 0) is 44.0 Å². The van der Waals surface area contributed by atoms with Gasteiger partial charge in [-0.3, -0.25) is 0 Å². The number of hydrogen-bond donors (Lipinski definition) is 0. The molecular formula is C24H24N4O. The predicted molar refractivity (Wildman–Crippen MR) is 115 cm³/mol. The summed E-state index contributed by atoms with van der Waals surface area (Å²) in [6.07, 6.45) is 2.19. The molecule has 0 N–H and O–H groups in total. The SMILES string of the molecule is CCCc1ccc(Oc2cc(-n3nc(C)cc3C)nc(-c3ccccc3)n2)cc1. The minimum atomic E-state index is 0.490. The molecular weight excluding hydrogens is 360 g/mol. The fourth-order valence-corrected chi connectivity index (χ4v) is 3.28. The Morgan fingerprint density at radius 3 is 2.31 bits per heavy atom. The van der Waals surface area contributed by atoms with Gasteiger partial charge in [0.1, 0.15) is 5.75 Å². The summed E-state index contributed by atoms with van der Waals surface area (Å²) >= 11 is 0. The van der Waals surface area contributed by atoms with Gasteiger partial charge in [-0.1, -0.05) is 55.8 Å². The van der Waals surface area contributed by atoms with Crippen molar-refractivity contribution in [3.8, 4) is 28.8 Å². The van der Waals surface area contributed by atoms with Crippen LogP contribution in [0.25, 0.3) is 17.2 Å². The monoisotopic (exact) mass is 384 g/mol. The normalized spacial score (nSPS) is 10.9. The van der Waals surface area contributed by atoms with E-state index in [1.54, 1.807) is 0 Å². The van der Waals surface area contributed by atoms with Crippen LogP contribution in [0.1, 0.15) is 30.3 Å². The summed E-state index contributed by atoms with van der Waals surface area (Å²) < 4.78 is 7.91. The highest BCUT2D eigenvalue weighted by Crippen LogP contribution is 2.26. The Kier molecular flexibility index (Phi) is 5.38. The molecule has 0 fully saturated rings. The molecule has 0 saturated carbocycles. The molecule has 29 heavy (non-hydrogen) atoms. The lowest BCUT2D eigenvalue weighted by atomic mass is 10.1. The molecule has 0 aliphatic rings. The molecule has 5 heteroatoms. The molecule has 0 spiro atoms. The van der Waals surface area contributed by atoms with Gasteiger partial charge in [-0.25, -0.2) is 9.67 Å². The van der Waals surface area contributed by atoms with Gasteiger partial charge in [0.25, 0.3) is 0 Å². The summed E-state index contributed by atoms with van der Waals surface area (Å²) in [5.41, 5.74) is 4.18. The average Bonchev–Trinajstić information content (AvgIpc) is 3.08. The van der Waals surface area contributed by atoms with Crippen LogP contribution in [0.15, 0.2) is 66.7 Å².